The van der Waals surface area contributed by atoms with E-state index in [2.05, 4.69) is 10.6 Å². The van der Waals surface area contributed by atoms with Crippen LogP contribution in [0.2, 0.25) is 0 Å². The van der Waals surface area contributed by atoms with Gasteiger partial charge < -0.3 is 57.3 Å². The molecule has 0 aliphatic heterocycles. The maximum absolute atomic E-state index is 11.9. The first-order valence-corrected chi connectivity index (χ1v) is 11.6. The average molecular weight is 503 g/mol. The van der Waals surface area contributed by atoms with Crippen molar-refractivity contribution in [3.8, 4) is 0 Å². The number of nitrogens with two attached hydrogens (primary N) is 4. The van der Waals surface area contributed by atoms with Gasteiger partial charge in [0, 0.05) is 31.8 Å². The van der Waals surface area contributed by atoms with Gasteiger partial charge in [0.15, 0.2) is 0 Å². The molecule has 0 fully saturated rings. The molecular weight excluding hydrogens is 460 g/mol. The smallest absolute Gasteiger partial charge is 0.222 e. The van der Waals surface area contributed by atoms with Crippen LogP contribution in [0.5, 0.6) is 0 Å². The fourth-order valence-electron chi connectivity index (χ4n) is 2.50. The molecule has 0 spiro atoms. The monoisotopic (exact) mass is 502 g/mol. The molecule has 0 saturated heterocycles. The first-order chi connectivity index (χ1) is 16.9. The molecule has 13 nitrogen and oxygen atoms in total. The van der Waals surface area contributed by atoms with Gasteiger partial charge in [0.2, 0.25) is 11.8 Å². The highest BCUT2D eigenvalue weighted by Crippen LogP contribution is 2.00. The van der Waals surface area contributed by atoms with Crippen LogP contribution in [0.15, 0.2) is 23.8 Å². The zero-order valence-electron chi connectivity index (χ0n) is 20.4. The predicted molar refractivity (Wildman–Crippen MR) is 130 cm³/mol. The maximum Gasteiger partial charge on any atom is 0.222 e. The summed E-state index contributed by atoms with van der Waals surface area (Å²) in [5.41, 5.74) is 22.3. The lowest BCUT2D eigenvalue weighted by atomic mass is 10.1. The number of ether oxygens (including phenoxy) is 4. The first kappa shape index (κ1) is 32.1. The second kappa shape index (κ2) is 22.9. The third-order valence-electron chi connectivity index (χ3n) is 4.43. The van der Waals surface area contributed by atoms with Crippen LogP contribution in [0.3, 0.4) is 0 Å². The molecule has 202 valence electrons. The Hall–Kier alpha value is -2.87. The summed E-state index contributed by atoms with van der Waals surface area (Å²) in [4.78, 5) is 34.9. The lowest BCUT2D eigenvalue weighted by Crippen LogP contribution is -2.36. The Morgan fingerprint density at radius 3 is 1.77 bits per heavy atom. The van der Waals surface area contributed by atoms with Crippen molar-refractivity contribution in [2.75, 3.05) is 59.4 Å². The quantitative estimate of drug-likeness (QED) is 0.0685. The Morgan fingerprint density at radius 2 is 1.26 bits per heavy atom. The summed E-state index contributed by atoms with van der Waals surface area (Å²) in [7, 11) is 0. The fourth-order valence-corrected chi connectivity index (χ4v) is 2.50. The lowest BCUT2D eigenvalue weighted by Gasteiger charge is -2.13. The third-order valence-corrected chi connectivity index (χ3v) is 4.43. The van der Waals surface area contributed by atoms with E-state index in [0.29, 0.717) is 69.9 Å². The molecule has 0 saturated carbocycles. The number of amides is 2. The molecule has 0 aliphatic rings. The Balaban J connectivity index is 3.65. The number of hydrogen-bond acceptors (Lipinski definition) is 11. The fraction of sp³-hybridized carbons (Fsp3) is 0.682. The minimum Gasteiger partial charge on any atom is -0.403 e. The Morgan fingerprint density at radius 1 is 0.743 bits per heavy atom. The van der Waals surface area contributed by atoms with Gasteiger partial charge in [-0.1, -0.05) is 0 Å². The third kappa shape index (κ3) is 21.4. The highest BCUT2D eigenvalue weighted by Gasteiger charge is 2.11. The van der Waals surface area contributed by atoms with E-state index in [0.717, 1.165) is 0 Å². The highest BCUT2D eigenvalue weighted by molar-refractivity contribution is 5.79. The first-order valence-electron chi connectivity index (χ1n) is 11.6. The number of aldehydes is 1. The topological polar surface area (TPSA) is 216 Å². The van der Waals surface area contributed by atoms with Gasteiger partial charge in [0.05, 0.1) is 70.3 Å². The predicted octanol–water partition coefficient (Wildman–Crippen LogP) is -1.68. The molecule has 0 aliphatic carbocycles. The van der Waals surface area contributed by atoms with Crippen LogP contribution in [-0.2, 0) is 33.3 Å². The average Bonchev–Trinajstić information content (AvgIpc) is 2.86. The van der Waals surface area contributed by atoms with Gasteiger partial charge in [-0.25, -0.2) is 0 Å². The minimum atomic E-state index is -0.570. The summed E-state index contributed by atoms with van der Waals surface area (Å²) in [6.45, 7) is 2.80. The summed E-state index contributed by atoms with van der Waals surface area (Å²) < 4.78 is 21.0. The minimum absolute atomic E-state index is 0.119. The van der Waals surface area contributed by atoms with Crippen molar-refractivity contribution in [2.45, 2.75) is 38.1 Å². The molecule has 0 rings (SSSR count). The molecule has 0 bridgehead atoms. The summed E-state index contributed by atoms with van der Waals surface area (Å²) in [5, 5.41) is 5.45. The van der Waals surface area contributed by atoms with E-state index in [9.17, 15) is 14.4 Å². The summed E-state index contributed by atoms with van der Waals surface area (Å²) in [6.07, 6.45) is 5.48. The van der Waals surface area contributed by atoms with Crippen LogP contribution >= 0.6 is 0 Å². The van der Waals surface area contributed by atoms with Crippen molar-refractivity contribution in [1.29, 1.82) is 0 Å². The normalized spacial score (nSPS) is 12.8. The molecule has 10 N–H and O–H groups in total. The van der Waals surface area contributed by atoms with Crippen LogP contribution in [0, 0.1) is 0 Å². The van der Waals surface area contributed by atoms with Crippen molar-refractivity contribution in [3.05, 3.63) is 23.8 Å². The summed E-state index contributed by atoms with van der Waals surface area (Å²) >= 11 is 0. The van der Waals surface area contributed by atoms with Crippen LogP contribution in [0.4, 0.5) is 0 Å². The lowest BCUT2D eigenvalue weighted by molar-refractivity contribution is -0.125. The van der Waals surface area contributed by atoms with Gasteiger partial charge in [-0.2, -0.15) is 0 Å². The standard InChI is InChI=1S/C22H42N6O7/c23-13-18(25)16-34-11-9-32-7-4-21(30)27-6-2-1-3-20(15-29)28-22(31)5-8-33-10-12-35-17-19(26)14-24/h13-15,20H,1-12,16-17,23-26H2,(H,27,30)(H,28,31)/b18-13-,19-14-. The van der Waals surface area contributed by atoms with Crippen molar-refractivity contribution in [2.24, 2.45) is 22.9 Å². The zero-order valence-corrected chi connectivity index (χ0v) is 20.4. The molecule has 0 heterocycles. The van der Waals surface area contributed by atoms with Gasteiger partial charge in [-0.3, -0.25) is 9.59 Å². The number of unbranched alkanes of at least 4 members (excludes halogenated alkanes) is 1. The molecule has 1 atom stereocenters. The van der Waals surface area contributed by atoms with Gasteiger partial charge in [0.25, 0.3) is 0 Å². The zero-order chi connectivity index (χ0) is 26.2. The van der Waals surface area contributed by atoms with E-state index in [1.54, 1.807) is 0 Å². The highest BCUT2D eigenvalue weighted by atomic mass is 16.5. The Bertz CT molecular complexity index is 646. The summed E-state index contributed by atoms with van der Waals surface area (Å²) in [6, 6.07) is -0.570. The molecule has 2 amide bonds. The van der Waals surface area contributed by atoms with Crippen LogP contribution in [-0.4, -0.2) is 83.5 Å². The van der Waals surface area contributed by atoms with Crippen molar-refractivity contribution >= 4 is 18.1 Å². The van der Waals surface area contributed by atoms with Crippen molar-refractivity contribution in [3.63, 3.8) is 0 Å². The number of carbonyl (C=O) groups excluding carboxylic acids is 3. The largest absolute Gasteiger partial charge is 0.403 e. The van der Waals surface area contributed by atoms with E-state index in [4.69, 9.17) is 41.9 Å². The van der Waals surface area contributed by atoms with E-state index in [1.807, 2.05) is 0 Å². The maximum atomic E-state index is 11.9. The van der Waals surface area contributed by atoms with Crippen LogP contribution in [0.1, 0.15) is 32.1 Å². The van der Waals surface area contributed by atoms with E-state index < -0.39 is 6.04 Å². The van der Waals surface area contributed by atoms with Crippen molar-refractivity contribution < 1.29 is 33.3 Å². The molecule has 35 heavy (non-hydrogen) atoms. The molecule has 0 aromatic rings. The second-order valence-electron chi connectivity index (χ2n) is 7.47. The number of carbonyl (C=O) groups is 3. The Kier molecular flexibility index (Phi) is 21.0. The molecular formula is C22H42N6O7. The van der Waals surface area contributed by atoms with Crippen LogP contribution in [0.25, 0.3) is 0 Å². The molecule has 0 radical (unpaired) electrons. The van der Waals surface area contributed by atoms with E-state index in [1.165, 1.54) is 12.4 Å². The Labute approximate surface area is 206 Å². The van der Waals surface area contributed by atoms with Gasteiger partial charge in [-0.15, -0.1) is 0 Å². The van der Waals surface area contributed by atoms with E-state index >= 15 is 0 Å². The molecule has 1 unspecified atom stereocenters. The van der Waals surface area contributed by atoms with Gasteiger partial charge in [0.1, 0.15) is 6.29 Å². The van der Waals surface area contributed by atoms with Gasteiger partial charge >= 0.3 is 0 Å². The van der Waals surface area contributed by atoms with Crippen molar-refractivity contribution in [1.82, 2.24) is 10.6 Å². The SMILES string of the molecule is N/C=C(\N)COCCOCCC(=O)NCCCCC(C=O)NC(=O)CCOCCOC/C(N)=C/N. The van der Waals surface area contributed by atoms with Gasteiger partial charge in [-0.05, 0) is 19.3 Å². The van der Waals surface area contributed by atoms with Crippen LogP contribution < -0.4 is 33.6 Å². The molecule has 0 aromatic carbocycles. The number of rotatable bonds is 23. The molecule has 13 heteroatoms. The van der Waals surface area contributed by atoms with E-state index in [-0.39, 0.29) is 51.1 Å². The number of hydrogen-bond donors (Lipinski definition) is 6. The summed E-state index contributed by atoms with van der Waals surface area (Å²) in [5.74, 6) is -0.387. The molecule has 0 aromatic heterocycles. The number of nitrogens with one attached hydrogen (secondary N) is 2. The second-order valence-corrected chi connectivity index (χ2v) is 7.47.